The summed E-state index contributed by atoms with van der Waals surface area (Å²) in [5, 5.41) is 0. The molecule has 3 N–H and O–H groups in total. The van der Waals surface area contributed by atoms with Gasteiger partial charge in [-0.25, -0.2) is 0 Å². The third kappa shape index (κ3) is 14.7. The van der Waals surface area contributed by atoms with E-state index in [4.69, 9.17) is 14.5 Å². The SMILES string of the molecule is CC=C(C)CCC(C)=CCCC(=CCOCP(=O)(O)CP(=O)(O)O)CC. The topological polar surface area (TPSA) is 104 Å². The normalized spacial score (nSPS) is 16.7. The quantitative estimate of drug-likeness (QED) is 0.220. The fraction of sp³-hybridized carbons (Fsp3) is 0.667. The van der Waals surface area contributed by atoms with Crippen LogP contribution in [-0.4, -0.2) is 33.5 Å². The molecule has 0 saturated carbocycles. The van der Waals surface area contributed by atoms with E-state index in [0.29, 0.717) is 0 Å². The second kappa shape index (κ2) is 12.8. The van der Waals surface area contributed by atoms with Crippen molar-refractivity contribution in [3.8, 4) is 0 Å². The Morgan fingerprint density at radius 3 is 2.15 bits per heavy atom. The van der Waals surface area contributed by atoms with Crippen molar-refractivity contribution in [3.05, 3.63) is 34.9 Å². The fourth-order valence-corrected chi connectivity index (χ4v) is 5.29. The van der Waals surface area contributed by atoms with E-state index in [0.717, 1.165) is 32.1 Å². The second-order valence-corrected chi connectivity index (χ2v) is 11.0. The van der Waals surface area contributed by atoms with E-state index in [1.807, 2.05) is 13.0 Å². The average Bonchev–Trinajstić information content (AvgIpc) is 2.52. The van der Waals surface area contributed by atoms with E-state index in [1.54, 1.807) is 0 Å². The molecule has 26 heavy (non-hydrogen) atoms. The summed E-state index contributed by atoms with van der Waals surface area (Å²) >= 11 is 0. The maximum Gasteiger partial charge on any atom is 0.335 e. The smallest absolute Gasteiger partial charge is 0.335 e. The number of hydrogen-bond donors (Lipinski definition) is 3. The number of allylic oxidation sites excluding steroid dienone is 5. The van der Waals surface area contributed by atoms with Crippen molar-refractivity contribution in [1.82, 2.24) is 0 Å². The predicted molar refractivity (Wildman–Crippen MR) is 108 cm³/mol. The van der Waals surface area contributed by atoms with Gasteiger partial charge in [-0.1, -0.05) is 41.9 Å². The molecule has 0 bridgehead atoms. The van der Waals surface area contributed by atoms with E-state index in [1.165, 1.54) is 16.7 Å². The van der Waals surface area contributed by atoms with E-state index in [2.05, 4.69) is 32.9 Å². The molecule has 0 aliphatic heterocycles. The highest BCUT2D eigenvalue weighted by Gasteiger charge is 2.29. The van der Waals surface area contributed by atoms with Crippen LogP contribution in [0.2, 0.25) is 0 Å². The molecule has 0 radical (unpaired) electrons. The van der Waals surface area contributed by atoms with Gasteiger partial charge in [-0.15, -0.1) is 0 Å². The van der Waals surface area contributed by atoms with Crippen LogP contribution in [0.5, 0.6) is 0 Å². The summed E-state index contributed by atoms with van der Waals surface area (Å²) in [5.41, 5.74) is 3.96. The molecule has 6 nitrogen and oxygen atoms in total. The Kier molecular flexibility index (Phi) is 12.6. The summed E-state index contributed by atoms with van der Waals surface area (Å²) in [5.74, 6) is -1.04. The predicted octanol–water partition coefficient (Wildman–Crippen LogP) is 5.18. The van der Waals surface area contributed by atoms with Gasteiger partial charge in [0.25, 0.3) is 0 Å². The van der Waals surface area contributed by atoms with E-state index in [9.17, 15) is 14.0 Å². The van der Waals surface area contributed by atoms with Crippen molar-refractivity contribution in [2.75, 3.05) is 18.9 Å². The lowest BCUT2D eigenvalue weighted by Gasteiger charge is -2.12. The molecule has 152 valence electrons. The van der Waals surface area contributed by atoms with E-state index in [-0.39, 0.29) is 6.61 Å². The first-order valence-electron chi connectivity index (χ1n) is 8.87. The van der Waals surface area contributed by atoms with Crippen LogP contribution in [-0.2, 0) is 13.9 Å². The van der Waals surface area contributed by atoms with Crippen molar-refractivity contribution in [2.45, 2.75) is 59.8 Å². The maximum absolute atomic E-state index is 11.6. The molecule has 1 unspecified atom stereocenters. The van der Waals surface area contributed by atoms with Crippen LogP contribution < -0.4 is 0 Å². The molecule has 0 aliphatic rings. The first-order chi connectivity index (χ1) is 12.0. The monoisotopic (exact) mass is 408 g/mol. The van der Waals surface area contributed by atoms with Crippen LogP contribution in [0.3, 0.4) is 0 Å². The Balaban J connectivity index is 4.28. The molecule has 0 spiro atoms. The zero-order valence-corrected chi connectivity index (χ0v) is 18.1. The minimum absolute atomic E-state index is 0.165. The second-order valence-electron chi connectivity index (χ2n) is 6.59. The van der Waals surface area contributed by atoms with Crippen LogP contribution >= 0.6 is 15.0 Å². The zero-order valence-electron chi connectivity index (χ0n) is 16.3. The lowest BCUT2D eigenvalue weighted by Crippen LogP contribution is -2.01. The molecule has 0 rings (SSSR count). The molecular weight excluding hydrogens is 374 g/mol. The Morgan fingerprint density at radius 1 is 1.00 bits per heavy atom. The molecule has 0 fully saturated rings. The van der Waals surface area contributed by atoms with Gasteiger partial charge in [0.1, 0.15) is 12.3 Å². The number of hydrogen-bond acceptors (Lipinski definition) is 3. The molecule has 1 atom stereocenters. The molecule has 0 aromatic carbocycles. The summed E-state index contributed by atoms with van der Waals surface area (Å²) in [6, 6.07) is 0. The highest BCUT2D eigenvalue weighted by atomic mass is 31.2. The van der Waals surface area contributed by atoms with Gasteiger partial charge >= 0.3 is 7.60 Å². The van der Waals surface area contributed by atoms with Crippen molar-refractivity contribution < 1.29 is 28.5 Å². The molecular formula is C18H34O6P2. The van der Waals surface area contributed by atoms with Crippen LogP contribution in [0.1, 0.15) is 59.8 Å². The molecule has 0 aromatic heterocycles. The highest BCUT2D eigenvalue weighted by molar-refractivity contribution is 7.72. The lowest BCUT2D eigenvalue weighted by molar-refractivity contribution is 0.199. The summed E-state index contributed by atoms with van der Waals surface area (Å²) in [4.78, 5) is 27.0. The van der Waals surface area contributed by atoms with Crippen molar-refractivity contribution in [3.63, 3.8) is 0 Å². The van der Waals surface area contributed by atoms with Gasteiger partial charge in [-0.05, 0) is 52.9 Å². The summed E-state index contributed by atoms with van der Waals surface area (Å²) < 4.78 is 27.5. The summed E-state index contributed by atoms with van der Waals surface area (Å²) in [6.45, 7) is 8.54. The molecule has 0 aliphatic carbocycles. The number of ether oxygens (including phenoxy) is 1. The van der Waals surface area contributed by atoms with Crippen LogP contribution in [0.4, 0.5) is 0 Å². The highest BCUT2D eigenvalue weighted by Crippen LogP contribution is 2.54. The van der Waals surface area contributed by atoms with E-state index >= 15 is 0 Å². The van der Waals surface area contributed by atoms with Gasteiger partial charge in [-0.3, -0.25) is 9.13 Å². The molecule has 8 heteroatoms. The largest absolute Gasteiger partial charge is 0.367 e. The van der Waals surface area contributed by atoms with Crippen LogP contribution in [0.15, 0.2) is 34.9 Å². The average molecular weight is 408 g/mol. The minimum atomic E-state index is -4.52. The third-order valence-corrected chi connectivity index (χ3v) is 7.83. The Morgan fingerprint density at radius 2 is 1.62 bits per heavy atom. The third-order valence-electron chi connectivity index (χ3n) is 4.01. The molecule has 0 aromatic rings. The first-order valence-corrected chi connectivity index (χ1v) is 12.7. The van der Waals surface area contributed by atoms with Gasteiger partial charge in [0.2, 0.25) is 7.37 Å². The van der Waals surface area contributed by atoms with Crippen LogP contribution in [0, 0.1) is 0 Å². The fourth-order valence-electron chi connectivity index (χ4n) is 2.27. The molecule has 0 amide bonds. The van der Waals surface area contributed by atoms with Crippen molar-refractivity contribution in [2.24, 2.45) is 0 Å². The summed E-state index contributed by atoms with van der Waals surface area (Å²) in [7, 11) is -8.48. The van der Waals surface area contributed by atoms with Gasteiger partial charge in [0, 0.05) is 0 Å². The Hall–Kier alpha value is -0.480. The zero-order chi connectivity index (χ0) is 20.2. The van der Waals surface area contributed by atoms with Gasteiger partial charge in [-0.2, -0.15) is 0 Å². The van der Waals surface area contributed by atoms with Crippen molar-refractivity contribution >= 4 is 15.0 Å². The first kappa shape index (κ1) is 25.5. The number of rotatable bonds is 13. The van der Waals surface area contributed by atoms with Gasteiger partial charge in [0.15, 0.2) is 0 Å². The Labute approximate surface area is 157 Å². The summed E-state index contributed by atoms with van der Waals surface area (Å²) in [6.07, 6.45) is 10.6. The van der Waals surface area contributed by atoms with Gasteiger partial charge < -0.3 is 19.4 Å². The standard InChI is InChI=1S/C18H34O6P2/c1-5-16(3)10-11-17(4)8-7-9-18(6-2)12-13-24-14-25(19,20)15-26(21,22)23/h5,8,12H,6-7,9-11,13-15H2,1-4H3,(H,19,20)(H2,21,22,23). The minimum Gasteiger partial charge on any atom is -0.367 e. The van der Waals surface area contributed by atoms with Gasteiger partial charge in [0.05, 0.1) is 6.61 Å². The van der Waals surface area contributed by atoms with E-state index < -0.39 is 27.2 Å². The van der Waals surface area contributed by atoms with Crippen LogP contribution in [0.25, 0.3) is 0 Å². The molecule has 0 heterocycles. The Bertz CT molecular complexity index is 601. The van der Waals surface area contributed by atoms with Crippen molar-refractivity contribution in [1.29, 1.82) is 0 Å². The maximum atomic E-state index is 11.6. The molecule has 0 saturated heterocycles. The lowest BCUT2D eigenvalue weighted by atomic mass is 10.0.